The van der Waals surface area contributed by atoms with Gasteiger partial charge in [0.05, 0.1) is 5.70 Å². The lowest BCUT2D eigenvalue weighted by molar-refractivity contribution is 0.104. The Bertz CT molecular complexity index is 1050. The van der Waals surface area contributed by atoms with Crippen molar-refractivity contribution in [3.05, 3.63) is 110 Å². The lowest BCUT2D eigenvalue weighted by Crippen LogP contribution is -2.30. The molecule has 0 aliphatic rings. The lowest BCUT2D eigenvalue weighted by Gasteiger charge is -2.11. The van der Waals surface area contributed by atoms with Crippen molar-refractivity contribution >= 4 is 11.5 Å². The van der Waals surface area contributed by atoms with E-state index in [-0.39, 0.29) is 5.78 Å². The van der Waals surface area contributed by atoms with Crippen molar-refractivity contribution < 1.29 is 4.79 Å². The number of H-pyrrole nitrogens is 1. The van der Waals surface area contributed by atoms with Crippen LogP contribution >= 0.6 is 0 Å². The third kappa shape index (κ3) is 3.55. The Morgan fingerprint density at radius 2 is 1.48 bits per heavy atom. The van der Waals surface area contributed by atoms with Gasteiger partial charge in [0.1, 0.15) is 0 Å². The summed E-state index contributed by atoms with van der Waals surface area (Å²) in [6, 6.07) is 17.9. The number of carbonyl (C=O) groups excluding carboxylic acids is 1. The number of allylic oxidation sites excluding steroid dienone is 1. The molecule has 0 saturated heterocycles. The number of nitrogens with one attached hydrogen (secondary N) is 1. The number of aromatic nitrogens is 2. The second kappa shape index (κ2) is 6.97. The predicted molar refractivity (Wildman–Crippen MR) is 96.6 cm³/mol. The summed E-state index contributed by atoms with van der Waals surface area (Å²) in [6.07, 6.45) is 2.85. The van der Waals surface area contributed by atoms with Crippen LogP contribution in [0.4, 0.5) is 0 Å². The summed E-state index contributed by atoms with van der Waals surface area (Å²) in [6.45, 7) is 1.61. The third-order valence-electron chi connectivity index (χ3n) is 3.78. The molecule has 25 heavy (non-hydrogen) atoms. The Morgan fingerprint density at radius 1 is 0.920 bits per heavy atom. The van der Waals surface area contributed by atoms with Crippen LogP contribution in [0, 0.1) is 6.92 Å². The SMILES string of the molecule is Cc1cn(/C(=C/C(=O)c2ccccc2)c2ccccc2)c(=O)[nH]c1=O. The van der Waals surface area contributed by atoms with Gasteiger partial charge in [-0.15, -0.1) is 0 Å². The van der Waals surface area contributed by atoms with Gasteiger partial charge in [0.15, 0.2) is 5.78 Å². The molecule has 1 aromatic heterocycles. The summed E-state index contributed by atoms with van der Waals surface area (Å²) >= 11 is 0. The Hall–Kier alpha value is -3.47. The fourth-order valence-corrected chi connectivity index (χ4v) is 2.46. The van der Waals surface area contributed by atoms with Gasteiger partial charge >= 0.3 is 5.69 Å². The molecule has 2 aromatic carbocycles. The third-order valence-corrected chi connectivity index (χ3v) is 3.78. The zero-order valence-electron chi connectivity index (χ0n) is 13.6. The van der Waals surface area contributed by atoms with Crippen molar-refractivity contribution in [2.75, 3.05) is 0 Å². The largest absolute Gasteiger partial charge is 0.332 e. The monoisotopic (exact) mass is 332 g/mol. The Labute approximate surface area is 143 Å². The maximum atomic E-state index is 12.6. The minimum Gasteiger partial charge on any atom is -0.289 e. The van der Waals surface area contributed by atoms with Gasteiger partial charge in [-0.25, -0.2) is 4.79 Å². The van der Waals surface area contributed by atoms with E-state index < -0.39 is 11.2 Å². The van der Waals surface area contributed by atoms with Crippen LogP contribution < -0.4 is 11.2 Å². The minimum atomic E-state index is -0.591. The van der Waals surface area contributed by atoms with Crippen LogP contribution in [0.2, 0.25) is 0 Å². The van der Waals surface area contributed by atoms with Gasteiger partial charge in [0, 0.05) is 23.4 Å². The predicted octanol–water partition coefficient (Wildman–Crippen LogP) is 2.62. The van der Waals surface area contributed by atoms with Crippen molar-refractivity contribution in [3.63, 3.8) is 0 Å². The lowest BCUT2D eigenvalue weighted by atomic mass is 10.1. The first-order chi connectivity index (χ1) is 12.1. The second-order valence-electron chi connectivity index (χ2n) is 5.57. The molecule has 3 aromatic rings. The van der Waals surface area contributed by atoms with Gasteiger partial charge in [-0.3, -0.25) is 19.1 Å². The molecular formula is C20H16N2O3. The molecule has 0 aliphatic heterocycles. The van der Waals surface area contributed by atoms with Gasteiger partial charge in [-0.05, 0) is 12.5 Å². The molecule has 1 N–H and O–H groups in total. The highest BCUT2D eigenvalue weighted by molar-refractivity contribution is 6.08. The molecule has 0 spiro atoms. The molecule has 124 valence electrons. The Kier molecular flexibility index (Phi) is 4.57. The van der Waals surface area contributed by atoms with Gasteiger partial charge in [-0.1, -0.05) is 60.7 Å². The van der Waals surface area contributed by atoms with Crippen molar-refractivity contribution in [2.45, 2.75) is 6.92 Å². The van der Waals surface area contributed by atoms with Crippen molar-refractivity contribution in [2.24, 2.45) is 0 Å². The van der Waals surface area contributed by atoms with E-state index in [1.165, 1.54) is 16.8 Å². The van der Waals surface area contributed by atoms with Gasteiger partial charge in [0.25, 0.3) is 5.56 Å². The average molecular weight is 332 g/mol. The summed E-state index contributed by atoms with van der Waals surface area (Å²) in [5.74, 6) is -0.227. The molecule has 5 heteroatoms. The van der Waals surface area contributed by atoms with Crippen molar-refractivity contribution in [1.82, 2.24) is 9.55 Å². The Morgan fingerprint density at radius 3 is 2.08 bits per heavy atom. The average Bonchev–Trinajstić information content (AvgIpc) is 2.64. The maximum absolute atomic E-state index is 12.6. The molecule has 0 fully saturated rings. The molecule has 0 saturated carbocycles. The summed E-state index contributed by atoms with van der Waals surface area (Å²) in [5.41, 5.74) is 0.965. The van der Waals surface area contributed by atoms with E-state index in [2.05, 4.69) is 4.98 Å². The van der Waals surface area contributed by atoms with Crippen LogP contribution in [0.3, 0.4) is 0 Å². The number of hydrogen-bond donors (Lipinski definition) is 1. The second-order valence-corrected chi connectivity index (χ2v) is 5.57. The fourth-order valence-electron chi connectivity index (χ4n) is 2.46. The summed E-state index contributed by atoms with van der Waals surface area (Å²) in [5, 5.41) is 0. The van der Waals surface area contributed by atoms with Crippen LogP contribution in [0.25, 0.3) is 5.70 Å². The number of nitrogens with zero attached hydrogens (tertiary/aromatic N) is 1. The van der Waals surface area contributed by atoms with Crippen LogP contribution in [-0.4, -0.2) is 15.3 Å². The quantitative estimate of drug-likeness (QED) is 0.590. The first-order valence-corrected chi connectivity index (χ1v) is 7.76. The van der Waals surface area contributed by atoms with E-state index in [1.54, 1.807) is 43.3 Å². The van der Waals surface area contributed by atoms with Crippen molar-refractivity contribution in [1.29, 1.82) is 0 Å². The van der Waals surface area contributed by atoms with E-state index in [1.807, 2.05) is 24.3 Å². The number of ketones is 1. The highest BCUT2D eigenvalue weighted by Crippen LogP contribution is 2.16. The van der Waals surface area contributed by atoms with Gasteiger partial charge in [0.2, 0.25) is 0 Å². The van der Waals surface area contributed by atoms with Crippen molar-refractivity contribution in [3.8, 4) is 0 Å². The molecule has 0 bridgehead atoms. The summed E-state index contributed by atoms with van der Waals surface area (Å²) in [4.78, 5) is 38.8. The number of benzene rings is 2. The molecule has 0 amide bonds. The molecule has 1 heterocycles. The molecule has 5 nitrogen and oxygen atoms in total. The Balaban J connectivity index is 2.20. The fraction of sp³-hybridized carbons (Fsp3) is 0.0500. The number of hydrogen-bond acceptors (Lipinski definition) is 3. The normalized spacial score (nSPS) is 11.3. The van der Waals surface area contributed by atoms with Crippen LogP contribution in [0.1, 0.15) is 21.5 Å². The number of aryl methyl sites for hydroxylation is 1. The first kappa shape index (κ1) is 16.4. The number of rotatable bonds is 4. The molecule has 3 rings (SSSR count). The van der Waals surface area contributed by atoms with E-state index in [0.29, 0.717) is 22.4 Å². The molecule has 0 atom stereocenters. The number of carbonyl (C=O) groups is 1. The van der Waals surface area contributed by atoms with Crippen LogP contribution in [0.5, 0.6) is 0 Å². The van der Waals surface area contributed by atoms with E-state index in [0.717, 1.165) is 0 Å². The van der Waals surface area contributed by atoms with Crippen LogP contribution in [0.15, 0.2) is 82.5 Å². The first-order valence-electron chi connectivity index (χ1n) is 7.76. The topological polar surface area (TPSA) is 71.9 Å². The minimum absolute atomic E-state index is 0.227. The van der Waals surface area contributed by atoms with E-state index in [4.69, 9.17) is 0 Å². The molecular weight excluding hydrogens is 316 g/mol. The molecule has 0 radical (unpaired) electrons. The zero-order valence-corrected chi connectivity index (χ0v) is 13.6. The molecule has 0 unspecified atom stereocenters. The van der Waals surface area contributed by atoms with Gasteiger partial charge in [-0.2, -0.15) is 0 Å². The van der Waals surface area contributed by atoms with E-state index >= 15 is 0 Å². The zero-order chi connectivity index (χ0) is 17.8. The van der Waals surface area contributed by atoms with E-state index in [9.17, 15) is 14.4 Å². The highest BCUT2D eigenvalue weighted by atomic mass is 16.2. The number of aromatic amines is 1. The smallest absolute Gasteiger partial charge is 0.289 e. The summed E-state index contributed by atoms with van der Waals surface area (Å²) < 4.78 is 1.28. The van der Waals surface area contributed by atoms with Crippen LogP contribution in [-0.2, 0) is 0 Å². The highest BCUT2D eigenvalue weighted by Gasteiger charge is 2.12. The molecule has 0 aliphatic carbocycles. The maximum Gasteiger partial charge on any atom is 0.332 e. The van der Waals surface area contributed by atoms with Gasteiger partial charge < -0.3 is 0 Å². The summed E-state index contributed by atoms with van der Waals surface area (Å²) in [7, 11) is 0. The standard InChI is InChI=1S/C20H16N2O3/c1-14-13-22(20(25)21-19(14)24)17(15-8-4-2-5-9-15)12-18(23)16-10-6-3-7-11-16/h2-13H,1H3,(H,21,24,25)/b17-12+.